The lowest BCUT2D eigenvalue weighted by Gasteiger charge is -2.25. The van der Waals surface area contributed by atoms with Gasteiger partial charge in [0.25, 0.3) is 0 Å². The molecule has 138 valence electrons. The zero-order valence-electron chi connectivity index (χ0n) is 15.0. The molecule has 1 amide bonds. The van der Waals surface area contributed by atoms with E-state index in [1.54, 1.807) is 0 Å². The van der Waals surface area contributed by atoms with Gasteiger partial charge < -0.3 is 15.0 Å². The molecule has 0 atom stereocenters. The Kier molecular flexibility index (Phi) is 6.41. The van der Waals surface area contributed by atoms with Crippen molar-refractivity contribution in [2.24, 2.45) is 0 Å². The number of likely N-dealkylation sites (tertiary alicyclic amines) is 1. The van der Waals surface area contributed by atoms with Gasteiger partial charge in [-0.15, -0.1) is 11.3 Å². The Morgan fingerprint density at radius 1 is 1.15 bits per heavy atom. The number of nitrogens with one attached hydrogen (secondary N) is 1. The van der Waals surface area contributed by atoms with Crippen LogP contribution in [0.1, 0.15) is 36.0 Å². The lowest BCUT2D eigenvalue weighted by molar-refractivity contribution is -0.116. The summed E-state index contributed by atoms with van der Waals surface area (Å²) in [5.41, 5.74) is 2.14. The van der Waals surface area contributed by atoms with E-state index in [1.165, 1.54) is 37.7 Å². The molecule has 0 aliphatic carbocycles. The second-order valence-corrected chi connectivity index (χ2v) is 7.29. The summed E-state index contributed by atoms with van der Waals surface area (Å²) in [7, 11) is 1.36. The highest BCUT2D eigenvalue weighted by Crippen LogP contribution is 2.36. The highest BCUT2D eigenvalue weighted by molar-refractivity contribution is 7.15. The molecule has 3 rings (SSSR count). The second-order valence-electron chi connectivity index (χ2n) is 6.41. The van der Waals surface area contributed by atoms with Crippen molar-refractivity contribution in [1.29, 1.82) is 0 Å². The number of ether oxygens (including phenoxy) is 1. The summed E-state index contributed by atoms with van der Waals surface area (Å²) in [4.78, 5) is 27.0. The van der Waals surface area contributed by atoms with Gasteiger partial charge in [0.2, 0.25) is 5.91 Å². The molecule has 1 saturated heterocycles. The quantitative estimate of drug-likeness (QED) is 0.778. The third kappa shape index (κ3) is 4.51. The van der Waals surface area contributed by atoms with Crippen LogP contribution in [0.3, 0.4) is 0 Å². The number of hydrogen-bond donors (Lipinski definition) is 1. The Morgan fingerprint density at radius 2 is 1.88 bits per heavy atom. The van der Waals surface area contributed by atoms with Crippen LogP contribution in [-0.2, 0) is 9.53 Å². The summed E-state index contributed by atoms with van der Waals surface area (Å²) in [6, 6.07) is 9.65. The first-order valence-corrected chi connectivity index (χ1v) is 9.84. The average Bonchev–Trinajstić information content (AvgIpc) is 3.10. The molecule has 0 bridgehead atoms. The van der Waals surface area contributed by atoms with Crippen molar-refractivity contribution in [3.05, 3.63) is 41.3 Å². The van der Waals surface area contributed by atoms with Crippen LogP contribution in [-0.4, -0.2) is 43.5 Å². The summed E-state index contributed by atoms with van der Waals surface area (Å²) in [6.07, 6.45) is 4.13. The first-order valence-electron chi connectivity index (χ1n) is 8.96. The molecule has 1 fully saturated rings. The van der Waals surface area contributed by atoms with Crippen LogP contribution < -0.4 is 5.32 Å². The lowest BCUT2D eigenvalue weighted by Crippen LogP contribution is -2.32. The van der Waals surface area contributed by atoms with E-state index in [1.807, 2.05) is 35.7 Å². The van der Waals surface area contributed by atoms with Crippen LogP contribution in [0.25, 0.3) is 11.1 Å². The van der Waals surface area contributed by atoms with Crippen molar-refractivity contribution in [2.45, 2.75) is 25.7 Å². The molecule has 0 spiro atoms. The minimum atomic E-state index is -0.434. The second kappa shape index (κ2) is 8.96. The number of rotatable bonds is 6. The van der Waals surface area contributed by atoms with E-state index >= 15 is 0 Å². The lowest BCUT2D eigenvalue weighted by atomic mass is 10.0. The summed E-state index contributed by atoms with van der Waals surface area (Å²) in [5.74, 6) is -0.501. The van der Waals surface area contributed by atoms with Gasteiger partial charge in [-0.25, -0.2) is 4.79 Å². The Balaban J connectivity index is 1.71. The fraction of sp³-hybridized carbons (Fsp3) is 0.400. The zero-order chi connectivity index (χ0) is 18.4. The van der Waals surface area contributed by atoms with Crippen molar-refractivity contribution in [2.75, 3.05) is 32.1 Å². The van der Waals surface area contributed by atoms with Crippen LogP contribution in [0.15, 0.2) is 35.7 Å². The first kappa shape index (κ1) is 18.6. The van der Waals surface area contributed by atoms with Crippen molar-refractivity contribution in [1.82, 2.24) is 4.90 Å². The molecule has 1 aliphatic heterocycles. The first-order chi connectivity index (χ1) is 12.7. The van der Waals surface area contributed by atoms with Crippen LogP contribution in [0.5, 0.6) is 0 Å². The van der Waals surface area contributed by atoms with Crippen LogP contribution >= 0.6 is 11.3 Å². The number of methoxy groups -OCH3 is 1. The monoisotopic (exact) mass is 372 g/mol. The van der Waals surface area contributed by atoms with Crippen LogP contribution in [0, 0.1) is 0 Å². The molecule has 0 unspecified atom stereocenters. The number of esters is 1. The van der Waals surface area contributed by atoms with Gasteiger partial charge in [-0.3, -0.25) is 4.79 Å². The number of thiophene rings is 1. The maximum absolute atomic E-state index is 12.4. The molecule has 6 heteroatoms. The van der Waals surface area contributed by atoms with Crippen molar-refractivity contribution < 1.29 is 14.3 Å². The third-order valence-corrected chi connectivity index (χ3v) is 5.52. The molecular formula is C20H24N2O3S. The van der Waals surface area contributed by atoms with Gasteiger partial charge in [-0.1, -0.05) is 36.8 Å². The number of anilines is 1. The number of nitrogens with zero attached hydrogens (tertiary/aromatic N) is 1. The summed E-state index contributed by atoms with van der Waals surface area (Å²) in [5, 5.41) is 5.35. The smallest absolute Gasteiger partial charge is 0.341 e. The van der Waals surface area contributed by atoms with Gasteiger partial charge in [0.15, 0.2) is 0 Å². The topological polar surface area (TPSA) is 58.6 Å². The molecule has 2 aromatic rings. The average molecular weight is 372 g/mol. The maximum Gasteiger partial charge on any atom is 0.341 e. The Morgan fingerprint density at radius 3 is 2.58 bits per heavy atom. The molecule has 1 N–H and O–H groups in total. The van der Waals surface area contributed by atoms with Gasteiger partial charge in [0, 0.05) is 23.9 Å². The zero-order valence-corrected chi connectivity index (χ0v) is 15.8. The summed E-state index contributed by atoms with van der Waals surface area (Å²) < 4.78 is 4.94. The van der Waals surface area contributed by atoms with E-state index in [2.05, 4.69) is 10.2 Å². The fourth-order valence-corrected chi connectivity index (χ4v) is 4.19. The van der Waals surface area contributed by atoms with E-state index in [-0.39, 0.29) is 5.91 Å². The van der Waals surface area contributed by atoms with Gasteiger partial charge in [0.05, 0.1) is 7.11 Å². The molecule has 2 heterocycles. The molecule has 0 saturated carbocycles. The van der Waals surface area contributed by atoms with Crippen LogP contribution in [0.4, 0.5) is 5.00 Å². The predicted octanol–water partition coefficient (Wildman–Crippen LogP) is 4.02. The Hall–Kier alpha value is -2.18. The van der Waals surface area contributed by atoms with Gasteiger partial charge in [-0.05, 0) is 31.5 Å². The fourth-order valence-electron chi connectivity index (χ4n) is 3.22. The normalized spacial score (nSPS) is 14.8. The highest BCUT2D eigenvalue weighted by atomic mass is 32.1. The van der Waals surface area contributed by atoms with Crippen molar-refractivity contribution in [3.8, 4) is 11.1 Å². The number of benzene rings is 1. The van der Waals surface area contributed by atoms with Crippen molar-refractivity contribution in [3.63, 3.8) is 0 Å². The van der Waals surface area contributed by atoms with E-state index < -0.39 is 5.97 Å². The predicted molar refractivity (Wildman–Crippen MR) is 105 cm³/mol. The number of carbonyl (C=O) groups is 2. The number of hydrogen-bond acceptors (Lipinski definition) is 5. The van der Waals surface area contributed by atoms with Gasteiger partial charge in [-0.2, -0.15) is 0 Å². The molecule has 1 aromatic carbocycles. The van der Waals surface area contributed by atoms with E-state index in [0.29, 0.717) is 17.0 Å². The molecule has 26 heavy (non-hydrogen) atoms. The molecule has 5 nitrogen and oxygen atoms in total. The summed E-state index contributed by atoms with van der Waals surface area (Å²) >= 11 is 1.36. The highest BCUT2D eigenvalue weighted by Gasteiger charge is 2.22. The number of amides is 1. The van der Waals surface area contributed by atoms with E-state index in [0.717, 1.165) is 30.8 Å². The largest absolute Gasteiger partial charge is 0.465 e. The number of piperidine rings is 1. The van der Waals surface area contributed by atoms with E-state index in [4.69, 9.17) is 4.74 Å². The standard InChI is InChI=1S/C20H24N2O3S/c1-25-20(24)18-16(15-8-4-2-5-9-15)14-26-19(18)21-17(23)10-13-22-11-6-3-7-12-22/h2,4-5,8-9,14H,3,6-7,10-13H2,1H3,(H,21,23). The minimum Gasteiger partial charge on any atom is -0.465 e. The third-order valence-electron chi connectivity index (χ3n) is 4.62. The number of carbonyl (C=O) groups excluding carboxylic acids is 2. The van der Waals surface area contributed by atoms with E-state index in [9.17, 15) is 9.59 Å². The van der Waals surface area contributed by atoms with Gasteiger partial charge in [0.1, 0.15) is 10.6 Å². The Labute approximate surface area is 158 Å². The van der Waals surface area contributed by atoms with Crippen LogP contribution in [0.2, 0.25) is 0 Å². The maximum atomic E-state index is 12.4. The molecule has 1 aromatic heterocycles. The summed E-state index contributed by atoms with van der Waals surface area (Å²) in [6.45, 7) is 2.89. The van der Waals surface area contributed by atoms with Gasteiger partial charge >= 0.3 is 5.97 Å². The minimum absolute atomic E-state index is 0.0674. The van der Waals surface area contributed by atoms with Crippen molar-refractivity contribution >= 4 is 28.2 Å². The SMILES string of the molecule is COC(=O)c1c(-c2ccccc2)csc1NC(=O)CCN1CCCCC1. The molecular weight excluding hydrogens is 348 g/mol. The Bertz CT molecular complexity index is 752. The molecule has 1 aliphatic rings. The molecule has 0 radical (unpaired) electrons.